The molecule has 1 saturated heterocycles. The number of ether oxygens (including phenoxy) is 2. The first kappa shape index (κ1) is 22.8. The molecule has 2 heterocycles. The molecular weight excluding hydrogens is 548 g/mol. The van der Waals surface area contributed by atoms with E-state index in [1.54, 1.807) is 12.1 Å². The minimum absolute atomic E-state index is 0.0702. The van der Waals surface area contributed by atoms with Gasteiger partial charge in [0.1, 0.15) is 16.9 Å². The summed E-state index contributed by atoms with van der Waals surface area (Å²) >= 11 is 13.5. The third-order valence-electron chi connectivity index (χ3n) is 5.99. The van der Waals surface area contributed by atoms with Crippen molar-refractivity contribution < 1.29 is 9.47 Å². The van der Waals surface area contributed by atoms with Crippen molar-refractivity contribution in [3.8, 4) is 11.9 Å². The van der Waals surface area contributed by atoms with Gasteiger partial charge >= 0.3 is 0 Å². The van der Waals surface area contributed by atoms with Gasteiger partial charge in [-0.3, -0.25) is 0 Å². The van der Waals surface area contributed by atoms with Gasteiger partial charge in [-0.15, -0.1) is 0 Å². The zero-order valence-electron chi connectivity index (χ0n) is 17.1. The zero-order valence-corrected chi connectivity index (χ0v) is 21.0. The fourth-order valence-corrected chi connectivity index (χ4v) is 5.82. The average Bonchev–Trinajstić information content (AvgIpc) is 2.74. The molecule has 0 amide bonds. The monoisotopic (exact) mass is 568 g/mol. The molecule has 6 nitrogen and oxygen atoms in total. The van der Waals surface area contributed by atoms with Gasteiger partial charge < -0.3 is 14.8 Å². The molecule has 1 aromatic carbocycles. The fourth-order valence-electron chi connectivity index (χ4n) is 4.48. The third kappa shape index (κ3) is 5.16. The number of benzene rings is 1. The number of halogens is 3. The summed E-state index contributed by atoms with van der Waals surface area (Å²) in [6.45, 7) is 3.78. The minimum atomic E-state index is 0.0702. The van der Waals surface area contributed by atoms with Gasteiger partial charge in [0, 0.05) is 16.3 Å². The number of nitriles is 1. The number of nitrogens with zero attached hydrogens (tertiary/aromatic N) is 3. The predicted molar refractivity (Wildman–Crippen MR) is 127 cm³/mol. The van der Waals surface area contributed by atoms with Crippen molar-refractivity contribution >= 4 is 55.0 Å². The quantitative estimate of drug-likeness (QED) is 0.453. The van der Waals surface area contributed by atoms with Crippen LogP contribution in [0.25, 0.3) is 0 Å². The van der Waals surface area contributed by atoms with Crippen LogP contribution in [0.2, 0.25) is 5.02 Å². The summed E-state index contributed by atoms with van der Waals surface area (Å²) in [4.78, 5) is 8.75. The topological polar surface area (TPSA) is 80.1 Å². The van der Waals surface area contributed by atoms with Crippen LogP contribution in [0.3, 0.4) is 0 Å². The van der Waals surface area contributed by atoms with Gasteiger partial charge in [0.05, 0.1) is 35.6 Å². The summed E-state index contributed by atoms with van der Waals surface area (Å²) in [6.07, 6.45) is 6.22. The molecule has 31 heavy (non-hydrogen) atoms. The average molecular weight is 571 g/mol. The normalized spacial score (nSPS) is 25.8. The van der Waals surface area contributed by atoms with E-state index in [4.69, 9.17) is 26.3 Å². The molecule has 2 aliphatic rings. The Morgan fingerprint density at radius 3 is 2.81 bits per heavy atom. The maximum absolute atomic E-state index is 9.12. The van der Waals surface area contributed by atoms with Gasteiger partial charge in [-0.2, -0.15) is 5.26 Å². The van der Waals surface area contributed by atoms with E-state index in [0.717, 1.165) is 26.1 Å². The minimum Gasteiger partial charge on any atom is -0.473 e. The predicted octanol–water partition coefficient (Wildman–Crippen LogP) is 6.49. The van der Waals surface area contributed by atoms with E-state index in [2.05, 4.69) is 60.1 Å². The van der Waals surface area contributed by atoms with Crippen LogP contribution in [0.15, 0.2) is 27.4 Å². The number of fused-ring (bicyclic) bond motifs is 2. The lowest BCUT2D eigenvalue weighted by atomic mass is 9.77. The van der Waals surface area contributed by atoms with Gasteiger partial charge in [-0.25, -0.2) is 9.97 Å². The highest BCUT2D eigenvalue weighted by Crippen LogP contribution is 2.40. The molecular formula is C22H23Br2ClN4O2. The van der Waals surface area contributed by atoms with E-state index in [1.807, 2.05) is 0 Å². The van der Waals surface area contributed by atoms with E-state index in [0.29, 0.717) is 54.7 Å². The van der Waals surface area contributed by atoms with Crippen LogP contribution in [0.5, 0.6) is 5.88 Å². The van der Waals surface area contributed by atoms with Crippen LogP contribution in [0, 0.1) is 29.1 Å². The number of hydrogen-bond acceptors (Lipinski definition) is 6. The first-order chi connectivity index (χ1) is 15.0. The van der Waals surface area contributed by atoms with Crippen molar-refractivity contribution in [1.82, 2.24) is 9.97 Å². The summed E-state index contributed by atoms with van der Waals surface area (Å²) in [6, 6.07) is 5.41. The molecule has 1 aliphatic heterocycles. The molecule has 9 heteroatoms. The van der Waals surface area contributed by atoms with Crippen LogP contribution < -0.4 is 10.1 Å². The Morgan fingerprint density at radius 2 is 2.03 bits per heavy atom. The van der Waals surface area contributed by atoms with Gasteiger partial charge in [0.15, 0.2) is 5.82 Å². The lowest BCUT2D eigenvalue weighted by molar-refractivity contribution is -0.0840. The van der Waals surface area contributed by atoms with E-state index in [9.17, 15) is 0 Å². The second-order valence-corrected chi connectivity index (χ2v) is 10.4. The molecule has 164 valence electrons. The van der Waals surface area contributed by atoms with Gasteiger partial charge in [0.2, 0.25) is 5.88 Å². The van der Waals surface area contributed by atoms with Crippen LogP contribution in [-0.2, 0) is 4.74 Å². The molecule has 2 fully saturated rings. The van der Waals surface area contributed by atoms with Crippen molar-refractivity contribution in [2.75, 3.05) is 18.5 Å². The molecule has 2 aromatic rings. The number of anilines is 2. The largest absolute Gasteiger partial charge is 0.473 e. The summed E-state index contributed by atoms with van der Waals surface area (Å²) in [5.74, 6) is 2.44. The molecule has 2 bridgehead atoms. The Morgan fingerprint density at radius 1 is 1.23 bits per heavy atom. The molecule has 4 unspecified atom stereocenters. The molecule has 1 aromatic heterocycles. The Bertz CT molecular complexity index is 977. The lowest BCUT2D eigenvalue weighted by Crippen LogP contribution is -2.45. The second-order valence-electron chi connectivity index (χ2n) is 8.30. The van der Waals surface area contributed by atoms with Crippen molar-refractivity contribution in [3.63, 3.8) is 0 Å². The smallest absolute Gasteiger partial charge is 0.233 e. The second kappa shape index (κ2) is 10.0. The van der Waals surface area contributed by atoms with Crippen molar-refractivity contribution in [2.24, 2.45) is 17.8 Å². The molecule has 4 atom stereocenters. The van der Waals surface area contributed by atoms with Crippen LogP contribution >= 0.6 is 43.5 Å². The lowest BCUT2D eigenvalue weighted by Gasteiger charge is -2.40. The van der Waals surface area contributed by atoms with E-state index in [-0.39, 0.29) is 6.10 Å². The Hall–Kier alpha value is -1.40. The maximum Gasteiger partial charge on any atom is 0.233 e. The molecule has 1 saturated carbocycles. The highest BCUT2D eigenvalue weighted by atomic mass is 79.9. The Labute approximate surface area is 204 Å². The fraction of sp³-hybridized carbons (Fsp3) is 0.500. The summed E-state index contributed by atoms with van der Waals surface area (Å²) in [7, 11) is 0. The number of aromatic nitrogens is 2. The van der Waals surface area contributed by atoms with Crippen molar-refractivity contribution in [3.05, 3.63) is 38.0 Å². The first-order valence-electron chi connectivity index (χ1n) is 10.4. The van der Waals surface area contributed by atoms with Crippen molar-refractivity contribution in [1.29, 1.82) is 5.26 Å². The summed E-state index contributed by atoms with van der Waals surface area (Å²) < 4.78 is 13.7. The van der Waals surface area contributed by atoms with E-state index < -0.39 is 0 Å². The van der Waals surface area contributed by atoms with E-state index >= 15 is 0 Å². The summed E-state index contributed by atoms with van der Waals surface area (Å²) in [5, 5.41) is 12.8. The Balaban J connectivity index is 1.59. The van der Waals surface area contributed by atoms with Crippen molar-refractivity contribution in [2.45, 2.75) is 38.7 Å². The third-order valence-corrected chi connectivity index (χ3v) is 7.63. The Kier molecular flexibility index (Phi) is 7.37. The number of hydrogen-bond donors (Lipinski definition) is 1. The van der Waals surface area contributed by atoms with Crippen LogP contribution in [0.4, 0.5) is 11.5 Å². The highest BCUT2D eigenvalue weighted by molar-refractivity contribution is 9.11. The summed E-state index contributed by atoms with van der Waals surface area (Å²) in [5.41, 5.74) is 1.09. The number of rotatable bonds is 4. The highest BCUT2D eigenvalue weighted by Gasteiger charge is 2.38. The molecule has 1 aliphatic carbocycles. The standard InChI is InChI=1S/C22H23Br2ClN4O2/c1-12-3-2-4-14-9-30-10-15(5-12)20(14)31-22-18(24)21(27-11-28-22)29-19-16(23)6-13(8-26)7-17(19)25/h6-7,11-12,14-15,20H,2-5,9-10H2,1H3,(H,27,28,29). The molecule has 4 rings (SSSR count). The van der Waals surface area contributed by atoms with Crippen LogP contribution in [0.1, 0.15) is 38.2 Å². The number of nitrogens with one attached hydrogen (secondary N) is 1. The van der Waals surface area contributed by atoms with Gasteiger partial charge in [-0.05, 0) is 62.8 Å². The molecule has 1 N–H and O–H groups in total. The SMILES string of the molecule is CC1CCCC2COCC(C1)C2Oc1ncnc(Nc2c(Cl)cc(C#N)cc2Br)c1Br. The molecule has 0 radical (unpaired) electrons. The molecule has 0 spiro atoms. The van der Waals surface area contributed by atoms with E-state index in [1.165, 1.54) is 19.2 Å². The first-order valence-corrected chi connectivity index (χ1v) is 12.3. The van der Waals surface area contributed by atoms with Gasteiger partial charge in [0.25, 0.3) is 0 Å². The van der Waals surface area contributed by atoms with Gasteiger partial charge in [-0.1, -0.05) is 31.4 Å². The zero-order chi connectivity index (χ0) is 22.0. The van der Waals surface area contributed by atoms with Crippen LogP contribution in [-0.4, -0.2) is 29.3 Å². The maximum atomic E-state index is 9.12.